The Kier molecular flexibility index (Phi) is 5.39. The Bertz CT molecular complexity index is 593. The van der Waals surface area contributed by atoms with Gasteiger partial charge < -0.3 is 10.6 Å². The maximum absolute atomic E-state index is 11.5. The molecule has 3 nitrogen and oxygen atoms in total. The number of halogens is 1. The second kappa shape index (κ2) is 7.27. The average Bonchev–Trinajstić information content (AvgIpc) is 2.53. The van der Waals surface area contributed by atoms with Crippen molar-refractivity contribution >= 4 is 27.5 Å². The van der Waals surface area contributed by atoms with Crippen molar-refractivity contribution in [1.29, 1.82) is 0 Å². The van der Waals surface area contributed by atoms with Gasteiger partial charge >= 0.3 is 0 Å². The fraction of sp³-hybridized carbons (Fsp3) is 0.235. The molecule has 1 unspecified atom stereocenters. The van der Waals surface area contributed by atoms with E-state index in [1.54, 1.807) is 7.05 Å². The third-order valence-corrected chi connectivity index (χ3v) is 3.92. The van der Waals surface area contributed by atoms with E-state index in [4.69, 9.17) is 0 Å². The zero-order chi connectivity index (χ0) is 15.2. The highest BCUT2D eigenvalue weighted by atomic mass is 79.9. The molecular weight excluding hydrogens is 328 g/mol. The topological polar surface area (TPSA) is 41.1 Å². The van der Waals surface area contributed by atoms with Crippen molar-refractivity contribution in [2.75, 3.05) is 12.4 Å². The van der Waals surface area contributed by atoms with Crippen LogP contribution in [0.4, 0.5) is 5.69 Å². The Morgan fingerprint density at radius 1 is 1.10 bits per heavy atom. The van der Waals surface area contributed by atoms with Gasteiger partial charge in [0.2, 0.25) is 0 Å². The summed E-state index contributed by atoms with van der Waals surface area (Å²) >= 11 is 3.45. The number of amides is 1. The summed E-state index contributed by atoms with van der Waals surface area (Å²) in [5.74, 6) is -0.0681. The minimum Gasteiger partial charge on any atom is -0.378 e. The maximum atomic E-state index is 11.5. The summed E-state index contributed by atoms with van der Waals surface area (Å²) in [6.45, 7) is 2.15. The van der Waals surface area contributed by atoms with Crippen molar-refractivity contribution in [3.05, 3.63) is 64.1 Å². The van der Waals surface area contributed by atoms with Crippen molar-refractivity contribution in [3.8, 4) is 0 Å². The molecule has 0 saturated carbocycles. The van der Waals surface area contributed by atoms with E-state index in [0.29, 0.717) is 5.56 Å². The van der Waals surface area contributed by atoms with Gasteiger partial charge in [-0.05, 0) is 48.4 Å². The van der Waals surface area contributed by atoms with Gasteiger partial charge in [0.25, 0.3) is 5.91 Å². The summed E-state index contributed by atoms with van der Waals surface area (Å²) in [6, 6.07) is 16.1. The van der Waals surface area contributed by atoms with Gasteiger partial charge in [-0.1, -0.05) is 35.0 Å². The number of hydrogen-bond acceptors (Lipinski definition) is 2. The molecule has 1 amide bonds. The van der Waals surface area contributed by atoms with Crippen molar-refractivity contribution < 1.29 is 4.79 Å². The zero-order valence-corrected chi connectivity index (χ0v) is 13.8. The predicted molar refractivity (Wildman–Crippen MR) is 90.6 cm³/mol. The van der Waals surface area contributed by atoms with Gasteiger partial charge in [-0.2, -0.15) is 0 Å². The first-order valence-electron chi connectivity index (χ1n) is 6.98. The lowest BCUT2D eigenvalue weighted by molar-refractivity contribution is 0.0963. The fourth-order valence-corrected chi connectivity index (χ4v) is 2.44. The van der Waals surface area contributed by atoms with Gasteiger partial charge in [-0.15, -0.1) is 0 Å². The second-order valence-electron chi connectivity index (χ2n) is 4.81. The molecule has 0 fully saturated rings. The average molecular weight is 347 g/mol. The Morgan fingerprint density at radius 3 is 2.24 bits per heavy atom. The Balaban J connectivity index is 2.11. The number of carbonyl (C=O) groups excluding carboxylic acids is 1. The van der Waals surface area contributed by atoms with Gasteiger partial charge in [0, 0.05) is 22.8 Å². The van der Waals surface area contributed by atoms with E-state index in [2.05, 4.69) is 45.6 Å². The van der Waals surface area contributed by atoms with Crippen LogP contribution in [-0.2, 0) is 0 Å². The SMILES string of the molecule is CCC(Nc1ccc(C(=O)NC)cc1)c1ccc(Br)cc1. The fourth-order valence-electron chi connectivity index (χ4n) is 2.18. The molecule has 21 heavy (non-hydrogen) atoms. The quantitative estimate of drug-likeness (QED) is 0.843. The molecule has 4 heteroatoms. The molecule has 0 spiro atoms. The van der Waals surface area contributed by atoms with Crippen LogP contribution < -0.4 is 10.6 Å². The third-order valence-electron chi connectivity index (χ3n) is 3.40. The molecule has 0 bridgehead atoms. The van der Waals surface area contributed by atoms with Crippen LogP contribution in [0.5, 0.6) is 0 Å². The molecule has 2 aromatic carbocycles. The number of carbonyl (C=O) groups is 1. The summed E-state index contributed by atoms with van der Waals surface area (Å²) in [6.07, 6.45) is 0.985. The molecule has 0 radical (unpaired) electrons. The monoisotopic (exact) mass is 346 g/mol. The summed E-state index contributed by atoms with van der Waals surface area (Å²) < 4.78 is 1.08. The predicted octanol–water partition coefficient (Wildman–Crippen LogP) is 4.37. The molecule has 0 saturated heterocycles. The smallest absolute Gasteiger partial charge is 0.251 e. The van der Waals surface area contributed by atoms with Crippen LogP contribution in [0.2, 0.25) is 0 Å². The lowest BCUT2D eigenvalue weighted by Gasteiger charge is -2.19. The number of benzene rings is 2. The highest BCUT2D eigenvalue weighted by Gasteiger charge is 2.09. The molecule has 2 N–H and O–H groups in total. The molecule has 0 aliphatic heterocycles. The van der Waals surface area contributed by atoms with Crippen molar-refractivity contribution in [2.24, 2.45) is 0 Å². The van der Waals surface area contributed by atoms with Crippen LogP contribution in [0, 0.1) is 0 Å². The van der Waals surface area contributed by atoms with Crippen molar-refractivity contribution in [1.82, 2.24) is 5.32 Å². The van der Waals surface area contributed by atoms with Crippen LogP contribution in [0.1, 0.15) is 35.3 Å². The minimum atomic E-state index is -0.0681. The number of hydrogen-bond donors (Lipinski definition) is 2. The largest absolute Gasteiger partial charge is 0.378 e. The molecule has 110 valence electrons. The molecule has 0 aromatic heterocycles. The molecule has 2 aromatic rings. The van der Waals surface area contributed by atoms with Crippen molar-refractivity contribution in [3.63, 3.8) is 0 Å². The Labute approximate surface area is 133 Å². The molecule has 0 aliphatic rings. The highest BCUT2D eigenvalue weighted by molar-refractivity contribution is 9.10. The van der Waals surface area contributed by atoms with E-state index in [0.717, 1.165) is 16.6 Å². The Morgan fingerprint density at radius 2 is 1.71 bits per heavy atom. The third kappa shape index (κ3) is 4.08. The van der Waals surface area contributed by atoms with Gasteiger partial charge in [0.1, 0.15) is 0 Å². The van der Waals surface area contributed by atoms with Crippen LogP contribution in [-0.4, -0.2) is 13.0 Å². The zero-order valence-electron chi connectivity index (χ0n) is 12.2. The van der Waals surface area contributed by atoms with E-state index in [1.807, 2.05) is 36.4 Å². The van der Waals surface area contributed by atoms with Gasteiger partial charge in [0.15, 0.2) is 0 Å². The lowest BCUT2D eigenvalue weighted by Crippen LogP contribution is -2.17. The number of nitrogens with one attached hydrogen (secondary N) is 2. The summed E-state index contributed by atoms with van der Waals surface area (Å²) in [4.78, 5) is 11.5. The van der Waals surface area contributed by atoms with E-state index in [-0.39, 0.29) is 11.9 Å². The van der Waals surface area contributed by atoms with Gasteiger partial charge in [-0.3, -0.25) is 4.79 Å². The van der Waals surface area contributed by atoms with E-state index in [9.17, 15) is 4.79 Å². The normalized spacial score (nSPS) is 11.8. The first-order chi connectivity index (χ1) is 10.1. The second-order valence-corrected chi connectivity index (χ2v) is 5.73. The minimum absolute atomic E-state index is 0.0681. The van der Waals surface area contributed by atoms with Crippen LogP contribution in [0.25, 0.3) is 0 Å². The van der Waals surface area contributed by atoms with E-state index in [1.165, 1.54) is 5.56 Å². The maximum Gasteiger partial charge on any atom is 0.251 e. The number of rotatable bonds is 5. The molecule has 2 rings (SSSR count). The standard InChI is InChI=1S/C17H19BrN2O/c1-3-16(12-4-8-14(18)9-5-12)20-15-10-6-13(7-11-15)17(21)19-2/h4-11,16,20H,3H2,1-2H3,(H,19,21). The molecular formula is C17H19BrN2O. The summed E-state index contributed by atoms with van der Waals surface area (Å²) in [7, 11) is 1.63. The van der Waals surface area contributed by atoms with E-state index >= 15 is 0 Å². The Hall–Kier alpha value is -1.81. The lowest BCUT2D eigenvalue weighted by atomic mass is 10.0. The first-order valence-corrected chi connectivity index (χ1v) is 7.77. The van der Waals surface area contributed by atoms with Crippen LogP contribution in [0.3, 0.4) is 0 Å². The molecule has 0 heterocycles. The van der Waals surface area contributed by atoms with Crippen molar-refractivity contribution in [2.45, 2.75) is 19.4 Å². The first kappa shape index (κ1) is 15.6. The van der Waals surface area contributed by atoms with E-state index < -0.39 is 0 Å². The van der Waals surface area contributed by atoms with Crippen LogP contribution >= 0.6 is 15.9 Å². The summed E-state index contributed by atoms with van der Waals surface area (Å²) in [5.41, 5.74) is 2.92. The van der Waals surface area contributed by atoms with Crippen LogP contribution in [0.15, 0.2) is 53.0 Å². The highest BCUT2D eigenvalue weighted by Crippen LogP contribution is 2.24. The molecule has 1 atom stereocenters. The van der Waals surface area contributed by atoms with Gasteiger partial charge in [-0.25, -0.2) is 0 Å². The van der Waals surface area contributed by atoms with Gasteiger partial charge in [0.05, 0.1) is 6.04 Å². The molecule has 0 aliphatic carbocycles. The summed E-state index contributed by atoms with van der Waals surface area (Å²) in [5, 5.41) is 6.12. The number of anilines is 1.